The summed E-state index contributed by atoms with van der Waals surface area (Å²) in [6.45, 7) is 0.703. The molecule has 21 heavy (non-hydrogen) atoms. The molecule has 0 spiro atoms. The van der Waals surface area contributed by atoms with Crippen molar-refractivity contribution in [1.29, 1.82) is 0 Å². The molecule has 0 amide bonds. The Bertz CT molecular complexity index is 643. The fourth-order valence-corrected chi connectivity index (χ4v) is 4.81. The van der Waals surface area contributed by atoms with E-state index in [9.17, 15) is 20.1 Å². The SMILES string of the molecule is O=C1CC[C@@]2(O)[C@H]3Cc4ccc(O)c(O)c4[C@@]2(CCN3)C1. The third-order valence-corrected chi connectivity index (χ3v) is 5.78. The molecular weight excluding hydrogens is 270 g/mol. The molecule has 1 aromatic rings. The number of aromatic hydroxyl groups is 2. The number of phenolic OH excluding ortho intramolecular Hbond substituents is 2. The van der Waals surface area contributed by atoms with Crippen LogP contribution in [0.25, 0.3) is 0 Å². The number of carbonyl (C=O) groups is 1. The van der Waals surface area contributed by atoms with Gasteiger partial charge in [-0.05, 0) is 37.4 Å². The Morgan fingerprint density at radius 2 is 2.05 bits per heavy atom. The molecule has 2 aliphatic carbocycles. The molecule has 2 fully saturated rings. The molecule has 4 rings (SSSR count). The number of benzene rings is 1. The second-order valence-electron chi connectivity index (χ2n) is 6.65. The van der Waals surface area contributed by atoms with E-state index in [0.29, 0.717) is 37.8 Å². The van der Waals surface area contributed by atoms with E-state index in [4.69, 9.17) is 0 Å². The molecule has 0 radical (unpaired) electrons. The van der Waals surface area contributed by atoms with E-state index in [2.05, 4.69) is 5.32 Å². The zero-order chi connectivity index (χ0) is 14.8. The predicted octanol–water partition coefficient (Wildman–Crippen LogP) is 0.738. The van der Waals surface area contributed by atoms with Crippen molar-refractivity contribution in [2.75, 3.05) is 6.54 Å². The normalized spacial score (nSPS) is 37.8. The maximum absolute atomic E-state index is 12.1. The van der Waals surface area contributed by atoms with Crippen molar-refractivity contribution in [2.24, 2.45) is 0 Å². The first kappa shape index (κ1) is 13.1. The number of nitrogens with one attached hydrogen (secondary N) is 1. The van der Waals surface area contributed by atoms with Crippen molar-refractivity contribution in [1.82, 2.24) is 5.32 Å². The number of rotatable bonds is 0. The van der Waals surface area contributed by atoms with Crippen LogP contribution < -0.4 is 5.32 Å². The summed E-state index contributed by atoms with van der Waals surface area (Å²) in [5, 5.41) is 35.0. The molecule has 5 heteroatoms. The second-order valence-corrected chi connectivity index (χ2v) is 6.65. The Kier molecular flexibility index (Phi) is 2.49. The molecule has 0 aromatic heterocycles. The van der Waals surface area contributed by atoms with Gasteiger partial charge in [0, 0.05) is 29.9 Å². The van der Waals surface area contributed by atoms with Crippen LogP contribution in [0.2, 0.25) is 0 Å². The molecule has 1 saturated heterocycles. The zero-order valence-corrected chi connectivity index (χ0v) is 11.7. The molecule has 112 valence electrons. The first-order chi connectivity index (χ1) is 9.98. The van der Waals surface area contributed by atoms with Gasteiger partial charge in [0.05, 0.1) is 5.60 Å². The number of hydrogen-bond donors (Lipinski definition) is 4. The smallest absolute Gasteiger partial charge is 0.161 e. The number of fused-ring (bicyclic) bond motifs is 1. The van der Waals surface area contributed by atoms with Gasteiger partial charge in [-0.1, -0.05) is 6.07 Å². The lowest BCUT2D eigenvalue weighted by atomic mass is 9.49. The van der Waals surface area contributed by atoms with Gasteiger partial charge in [-0.15, -0.1) is 0 Å². The maximum Gasteiger partial charge on any atom is 0.161 e. The second kappa shape index (κ2) is 3.99. The largest absolute Gasteiger partial charge is 0.504 e. The summed E-state index contributed by atoms with van der Waals surface area (Å²) in [5.74, 6) is -0.225. The predicted molar refractivity (Wildman–Crippen MR) is 75.4 cm³/mol. The summed E-state index contributed by atoms with van der Waals surface area (Å²) < 4.78 is 0. The minimum atomic E-state index is -1.03. The number of hydrogen-bond acceptors (Lipinski definition) is 5. The summed E-state index contributed by atoms with van der Waals surface area (Å²) in [4.78, 5) is 12.1. The lowest BCUT2D eigenvalue weighted by Crippen LogP contribution is -2.72. The van der Waals surface area contributed by atoms with Crippen LogP contribution in [0.3, 0.4) is 0 Å². The molecule has 5 nitrogen and oxygen atoms in total. The highest BCUT2D eigenvalue weighted by atomic mass is 16.3. The highest BCUT2D eigenvalue weighted by Gasteiger charge is 2.63. The van der Waals surface area contributed by atoms with Gasteiger partial charge < -0.3 is 20.6 Å². The summed E-state index contributed by atoms with van der Waals surface area (Å²) in [5.41, 5.74) is -0.288. The fourth-order valence-electron chi connectivity index (χ4n) is 4.81. The average Bonchev–Trinajstić information content (AvgIpc) is 2.43. The lowest BCUT2D eigenvalue weighted by Gasteiger charge is -2.60. The Morgan fingerprint density at radius 3 is 2.86 bits per heavy atom. The van der Waals surface area contributed by atoms with Crippen LogP contribution in [0.15, 0.2) is 12.1 Å². The summed E-state index contributed by atoms with van der Waals surface area (Å²) in [6, 6.07) is 3.18. The molecule has 4 N–H and O–H groups in total. The van der Waals surface area contributed by atoms with Gasteiger partial charge in [0.2, 0.25) is 0 Å². The van der Waals surface area contributed by atoms with E-state index in [1.165, 1.54) is 6.07 Å². The van der Waals surface area contributed by atoms with Crippen LogP contribution >= 0.6 is 0 Å². The average molecular weight is 289 g/mol. The number of piperidine rings is 1. The summed E-state index contributed by atoms with van der Waals surface area (Å²) in [7, 11) is 0. The fraction of sp³-hybridized carbons (Fsp3) is 0.562. The van der Waals surface area contributed by atoms with Crippen LogP contribution in [-0.2, 0) is 16.6 Å². The number of Topliss-reactive ketones (excluding diaryl/α,β-unsaturated/α-hetero) is 1. The van der Waals surface area contributed by atoms with Gasteiger partial charge in [0.25, 0.3) is 0 Å². The molecule has 1 aromatic carbocycles. The monoisotopic (exact) mass is 289 g/mol. The molecule has 1 saturated carbocycles. The van der Waals surface area contributed by atoms with Crippen molar-refractivity contribution in [3.63, 3.8) is 0 Å². The summed E-state index contributed by atoms with van der Waals surface area (Å²) >= 11 is 0. The zero-order valence-electron chi connectivity index (χ0n) is 11.7. The van der Waals surface area contributed by atoms with Crippen LogP contribution in [0.4, 0.5) is 0 Å². The Balaban J connectivity index is 2.02. The van der Waals surface area contributed by atoms with E-state index in [-0.39, 0.29) is 29.7 Å². The van der Waals surface area contributed by atoms with E-state index in [1.807, 2.05) is 0 Å². The van der Waals surface area contributed by atoms with E-state index >= 15 is 0 Å². The highest BCUT2D eigenvalue weighted by molar-refractivity contribution is 5.83. The quantitative estimate of drug-likeness (QED) is 0.529. The molecule has 2 bridgehead atoms. The molecule has 3 aliphatic rings. The van der Waals surface area contributed by atoms with Gasteiger partial charge in [-0.25, -0.2) is 0 Å². The van der Waals surface area contributed by atoms with Gasteiger partial charge in [-0.2, -0.15) is 0 Å². The third kappa shape index (κ3) is 1.45. The van der Waals surface area contributed by atoms with E-state index in [0.717, 1.165) is 5.56 Å². The van der Waals surface area contributed by atoms with Crippen LogP contribution in [-0.4, -0.2) is 39.3 Å². The van der Waals surface area contributed by atoms with Gasteiger partial charge >= 0.3 is 0 Å². The Morgan fingerprint density at radius 1 is 1.24 bits per heavy atom. The van der Waals surface area contributed by atoms with Crippen molar-refractivity contribution in [3.05, 3.63) is 23.3 Å². The Labute approximate surface area is 122 Å². The molecule has 1 aliphatic heterocycles. The van der Waals surface area contributed by atoms with Crippen LogP contribution in [0.1, 0.15) is 36.8 Å². The first-order valence-electron chi connectivity index (χ1n) is 7.50. The standard InChI is InChI=1S/C16H19NO4/c18-10-3-4-16(21)12-7-9-1-2-11(19)14(20)13(9)15(16,8-10)5-6-17-12/h1-2,12,17,19-21H,3-8H2/t12-,15-,16-/m1/s1. The first-order valence-corrected chi connectivity index (χ1v) is 7.50. The van der Waals surface area contributed by atoms with Crippen LogP contribution in [0, 0.1) is 0 Å². The minimum absolute atomic E-state index is 0.101. The number of aliphatic hydroxyl groups is 1. The van der Waals surface area contributed by atoms with Crippen molar-refractivity contribution >= 4 is 5.78 Å². The number of ketones is 1. The molecular formula is C16H19NO4. The van der Waals surface area contributed by atoms with Gasteiger partial charge in [0.1, 0.15) is 5.78 Å². The van der Waals surface area contributed by atoms with Gasteiger partial charge in [0.15, 0.2) is 11.5 Å². The maximum atomic E-state index is 12.1. The molecule has 1 heterocycles. The molecule has 3 atom stereocenters. The third-order valence-electron chi connectivity index (χ3n) is 5.78. The minimum Gasteiger partial charge on any atom is -0.504 e. The van der Waals surface area contributed by atoms with Crippen molar-refractivity contribution in [3.8, 4) is 11.5 Å². The van der Waals surface area contributed by atoms with E-state index in [1.54, 1.807) is 6.07 Å². The highest BCUT2D eigenvalue weighted by Crippen LogP contribution is 2.58. The number of carbonyl (C=O) groups excluding carboxylic acids is 1. The topological polar surface area (TPSA) is 89.8 Å². The Hall–Kier alpha value is -1.59. The molecule has 0 unspecified atom stereocenters. The lowest BCUT2D eigenvalue weighted by molar-refractivity contribution is -0.149. The number of phenols is 2. The summed E-state index contributed by atoms with van der Waals surface area (Å²) in [6.07, 6.45) is 2.24. The van der Waals surface area contributed by atoms with Crippen LogP contribution in [0.5, 0.6) is 11.5 Å². The van der Waals surface area contributed by atoms with Gasteiger partial charge in [-0.3, -0.25) is 4.79 Å². The van der Waals surface area contributed by atoms with Crippen molar-refractivity contribution in [2.45, 2.75) is 49.2 Å². The van der Waals surface area contributed by atoms with Crippen molar-refractivity contribution < 1.29 is 20.1 Å². The van der Waals surface area contributed by atoms with E-state index < -0.39 is 11.0 Å².